The van der Waals surface area contributed by atoms with Gasteiger partial charge >= 0.3 is 0 Å². The van der Waals surface area contributed by atoms with E-state index < -0.39 is 0 Å². The summed E-state index contributed by atoms with van der Waals surface area (Å²) in [5.74, 6) is 1.32. The molecule has 0 nitrogen and oxygen atoms in total. The van der Waals surface area contributed by atoms with Crippen LogP contribution in [0.1, 0.15) is 40.5 Å². The van der Waals surface area contributed by atoms with Gasteiger partial charge < -0.3 is 0 Å². The van der Waals surface area contributed by atoms with Crippen LogP contribution in [0.2, 0.25) is 0 Å². The third-order valence-electron chi connectivity index (χ3n) is 2.69. The first-order valence-corrected chi connectivity index (χ1v) is 6.15. The average molecular weight is 353 g/mol. The van der Waals surface area contributed by atoms with E-state index in [9.17, 15) is 0 Å². The van der Waals surface area contributed by atoms with Gasteiger partial charge in [0, 0.05) is 35.6 Å². The second-order valence-electron chi connectivity index (χ2n) is 4.79. The third kappa shape index (κ3) is 6.59. The van der Waals surface area contributed by atoms with Crippen molar-refractivity contribution in [3.63, 3.8) is 0 Å². The summed E-state index contributed by atoms with van der Waals surface area (Å²) in [4.78, 5) is 0. The van der Waals surface area contributed by atoms with Crippen LogP contribution in [-0.4, -0.2) is 0 Å². The molecule has 1 heteroatoms. The van der Waals surface area contributed by atoms with Gasteiger partial charge in [-0.2, -0.15) is 12.2 Å². The Morgan fingerprint density at radius 1 is 0.824 bits per heavy atom. The van der Waals surface area contributed by atoms with Crippen LogP contribution in [0.15, 0.2) is 35.5 Å². The molecule has 0 heterocycles. The minimum absolute atomic E-state index is 0. The molecular formula is C16H22La-2. The molecule has 0 bridgehead atoms. The minimum atomic E-state index is 0. The smallest absolute Gasteiger partial charge is 0 e. The molecule has 0 spiro atoms. The van der Waals surface area contributed by atoms with Gasteiger partial charge in [0.25, 0.3) is 0 Å². The quantitative estimate of drug-likeness (QED) is 0.633. The van der Waals surface area contributed by atoms with Gasteiger partial charge in [-0.1, -0.05) is 39.5 Å². The Morgan fingerprint density at radius 3 is 1.29 bits per heavy atom. The summed E-state index contributed by atoms with van der Waals surface area (Å²) in [7, 11) is 0. The van der Waals surface area contributed by atoms with Crippen LogP contribution in [0.25, 0.3) is 0 Å². The van der Waals surface area contributed by atoms with Crippen molar-refractivity contribution in [2.24, 2.45) is 11.8 Å². The van der Waals surface area contributed by atoms with Gasteiger partial charge in [0.1, 0.15) is 0 Å². The van der Waals surface area contributed by atoms with Gasteiger partial charge in [-0.25, -0.2) is 23.3 Å². The predicted molar refractivity (Wildman–Crippen MR) is 70.7 cm³/mol. The zero-order chi connectivity index (χ0) is 12.0. The maximum atomic E-state index is 3.26. The van der Waals surface area contributed by atoms with Crippen molar-refractivity contribution in [3.8, 4) is 0 Å². The topological polar surface area (TPSA) is 0 Å². The van der Waals surface area contributed by atoms with Gasteiger partial charge in [0.2, 0.25) is 0 Å². The molecule has 2 aliphatic rings. The van der Waals surface area contributed by atoms with E-state index in [1.807, 2.05) is 0 Å². The number of hydrogen-bond donors (Lipinski definition) is 0. The molecule has 17 heavy (non-hydrogen) atoms. The number of allylic oxidation sites excluding steroid dienone is 8. The van der Waals surface area contributed by atoms with Crippen LogP contribution in [0, 0.1) is 59.6 Å². The molecule has 91 valence electrons. The monoisotopic (exact) mass is 353 g/mol. The Kier molecular flexibility index (Phi) is 9.22. The average Bonchev–Trinajstić information content (AvgIpc) is 2.93. The Bertz CT molecular complexity index is 293. The minimum Gasteiger partial charge on any atom is -0.269 e. The number of rotatable bonds is 2. The molecule has 0 amide bonds. The van der Waals surface area contributed by atoms with Crippen molar-refractivity contribution in [3.05, 3.63) is 47.6 Å². The maximum Gasteiger partial charge on any atom is 0 e. The fourth-order valence-electron chi connectivity index (χ4n) is 1.64. The van der Waals surface area contributed by atoms with Crippen molar-refractivity contribution in [2.45, 2.75) is 40.5 Å². The zero-order valence-electron chi connectivity index (χ0n) is 11.5. The summed E-state index contributed by atoms with van der Waals surface area (Å²) in [6, 6.07) is 0. The SMILES string of the molecule is CC(C)C1=[C-]CC=C1.CC(C)C1=[C-]CC=C1.[La]. The van der Waals surface area contributed by atoms with Crippen LogP contribution in [0.3, 0.4) is 0 Å². The van der Waals surface area contributed by atoms with E-state index in [0.29, 0.717) is 11.8 Å². The van der Waals surface area contributed by atoms with Crippen LogP contribution >= 0.6 is 0 Å². The molecule has 0 saturated carbocycles. The standard InChI is InChI=1S/2C8H11.La/c2*1-7(2)8-5-3-4-6-8;/h2*3,5,7H,4H2,1-2H3;/q2*-1;. The Hall–Kier alpha value is 0.155. The molecular weight excluding hydrogens is 331 g/mol. The normalized spacial score (nSPS) is 16.6. The third-order valence-corrected chi connectivity index (χ3v) is 2.69. The van der Waals surface area contributed by atoms with Crippen LogP contribution in [0.5, 0.6) is 0 Å². The van der Waals surface area contributed by atoms with E-state index in [2.05, 4.69) is 64.2 Å². The fourth-order valence-corrected chi connectivity index (χ4v) is 1.64. The Labute approximate surface area is 135 Å². The summed E-state index contributed by atoms with van der Waals surface area (Å²) >= 11 is 0. The van der Waals surface area contributed by atoms with Crippen molar-refractivity contribution in [1.82, 2.24) is 0 Å². The fraction of sp³-hybridized carbons (Fsp3) is 0.500. The van der Waals surface area contributed by atoms with Crippen LogP contribution in [0.4, 0.5) is 0 Å². The molecule has 2 aliphatic carbocycles. The maximum absolute atomic E-state index is 3.26. The first kappa shape index (κ1) is 17.2. The molecule has 0 unspecified atom stereocenters. The molecule has 0 N–H and O–H groups in total. The zero-order valence-corrected chi connectivity index (χ0v) is 15.1. The van der Waals surface area contributed by atoms with Crippen molar-refractivity contribution in [1.29, 1.82) is 0 Å². The Morgan fingerprint density at radius 2 is 1.18 bits per heavy atom. The van der Waals surface area contributed by atoms with E-state index in [1.54, 1.807) is 0 Å². The largest absolute Gasteiger partial charge is 0.269 e. The van der Waals surface area contributed by atoms with Crippen LogP contribution in [-0.2, 0) is 0 Å². The second-order valence-corrected chi connectivity index (χ2v) is 4.79. The molecule has 0 saturated heterocycles. The molecule has 0 aromatic carbocycles. The summed E-state index contributed by atoms with van der Waals surface area (Å²) in [5, 5.41) is 0. The van der Waals surface area contributed by atoms with Gasteiger partial charge in [-0.3, -0.25) is 12.2 Å². The molecule has 0 aromatic heterocycles. The summed E-state index contributed by atoms with van der Waals surface area (Å²) in [6.45, 7) is 8.77. The molecule has 2 rings (SSSR count). The first-order valence-electron chi connectivity index (χ1n) is 6.15. The number of hydrogen-bond acceptors (Lipinski definition) is 0. The van der Waals surface area contributed by atoms with E-state index in [4.69, 9.17) is 0 Å². The molecule has 0 aromatic rings. The molecule has 1 radical (unpaired) electrons. The summed E-state index contributed by atoms with van der Waals surface area (Å²) < 4.78 is 0. The van der Waals surface area contributed by atoms with E-state index in [-0.39, 0.29) is 35.6 Å². The van der Waals surface area contributed by atoms with E-state index in [1.165, 1.54) is 11.1 Å². The van der Waals surface area contributed by atoms with Gasteiger partial charge in [-0.05, 0) is 0 Å². The van der Waals surface area contributed by atoms with Crippen molar-refractivity contribution in [2.75, 3.05) is 0 Å². The summed E-state index contributed by atoms with van der Waals surface area (Å²) in [5.41, 5.74) is 2.73. The van der Waals surface area contributed by atoms with Gasteiger partial charge in [-0.15, -0.1) is 12.8 Å². The van der Waals surface area contributed by atoms with E-state index >= 15 is 0 Å². The molecule has 0 atom stereocenters. The second kappa shape index (κ2) is 9.13. The van der Waals surface area contributed by atoms with Crippen LogP contribution < -0.4 is 0 Å². The molecule has 0 aliphatic heterocycles. The Balaban J connectivity index is 0.000000284. The molecule has 0 fully saturated rings. The predicted octanol–water partition coefficient (Wildman–Crippen LogP) is 4.66. The van der Waals surface area contributed by atoms with E-state index in [0.717, 1.165) is 12.8 Å². The first-order chi connectivity index (χ1) is 7.61. The van der Waals surface area contributed by atoms with Crippen molar-refractivity contribution >= 4 is 0 Å². The van der Waals surface area contributed by atoms with Crippen molar-refractivity contribution < 1.29 is 35.6 Å². The van der Waals surface area contributed by atoms with Gasteiger partial charge in [0.15, 0.2) is 0 Å². The van der Waals surface area contributed by atoms with Gasteiger partial charge in [0.05, 0.1) is 0 Å². The summed E-state index contributed by atoms with van der Waals surface area (Å²) in [6.07, 6.45) is 17.2.